The largest absolute Gasteiger partial charge is 0.481 e. The highest BCUT2D eigenvalue weighted by atomic mass is 16.5. The summed E-state index contributed by atoms with van der Waals surface area (Å²) in [6, 6.07) is 8.21. The van der Waals surface area contributed by atoms with Gasteiger partial charge in [-0.2, -0.15) is 0 Å². The Kier molecular flexibility index (Phi) is 5.46. The number of carbonyl (C=O) groups excluding carboxylic acids is 1. The highest BCUT2D eigenvalue weighted by Gasteiger charge is 2.21. The average molecular weight is 304 g/mol. The number of piperidine rings is 1. The molecule has 2 atom stereocenters. The number of amides is 1. The number of rotatable bonds is 4. The van der Waals surface area contributed by atoms with E-state index in [1.807, 2.05) is 12.1 Å². The third-order valence-electron chi connectivity index (χ3n) is 4.05. The van der Waals surface area contributed by atoms with Gasteiger partial charge in [0, 0.05) is 12.6 Å². The summed E-state index contributed by atoms with van der Waals surface area (Å²) in [7, 11) is 0. The molecule has 0 bridgehead atoms. The van der Waals surface area contributed by atoms with E-state index in [1.165, 1.54) is 5.56 Å². The van der Waals surface area contributed by atoms with Gasteiger partial charge in [0.2, 0.25) is 0 Å². The van der Waals surface area contributed by atoms with Crippen LogP contribution < -0.4 is 15.4 Å². The molecule has 1 aromatic rings. The molecule has 1 saturated heterocycles. The second-order valence-corrected chi connectivity index (χ2v) is 7.09. The Balaban J connectivity index is 1.87. The Morgan fingerprint density at radius 2 is 2.00 bits per heavy atom. The molecule has 1 aromatic carbocycles. The fraction of sp³-hybridized carbons (Fsp3) is 0.611. The van der Waals surface area contributed by atoms with E-state index in [0.29, 0.717) is 0 Å². The van der Waals surface area contributed by atoms with Gasteiger partial charge in [0.15, 0.2) is 6.10 Å². The molecule has 1 aliphatic rings. The molecule has 0 saturated carbocycles. The SMILES string of the molecule is CC(Oc1ccc(C(C)(C)C)cc1)C(=O)N[C@H]1CCCNC1. The number of hydrogen-bond acceptors (Lipinski definition) is 3. The number of nitrogens with one attached hydrogen (secondary N) is 2. The third kappa shape index (κ3) is 4.73. The van der Waals surface area contributed by atoms with E-state index in [9.17, 15) is 4.79 Å². The number of benzene rings is 1. The molecule has 0 radical (unpaired) electrons. The molecule has 122 valence electrons. The molecule has 1 aliphatic heterocycles. The van der Waals surface area contributed by atoms with Gasteiger partial charge in [0.05, 0.1) is 0 Å². The van der Waals surface area contributed by atoms with Gasteiger partial charge >= 0.3 is 0 Å². The van der Waals surface area contributed by atoms with E-state index in [4.69, 9.17) is 4.74 Å². The zero-order valence-electron chi connectivity index (χ0n) is 14.1. The van der Waals surface area contributed by atoms with E-state index in [2.05, 4.69) is 43.5 Å². The molecular formula is C18H28N2O2. The van der Waals surface area contributed by atoms with Crippen molar-refractivity contribution in [1.82, 2.24) is 10.6 Å². The Morgan fingerprint density at radius 3 is 2.55 bits per heavy atom. The first kappa shape index (κ1) is 16.8. The summed E-state index contributed by atoms with van der Waals surface area (Å²) < 4.78 is 5.75. The lowest BCUT2D eigenvalue weighted by Crippen LogP contribution is -2.49. The van der Waals surface area contributed by atoms with Crippen molar-refractivity contribution in [1.29, 1.82) is 0 Å². The highest BCUT2D eigenvalue weighted by Crippen LogP contribution is 2.24. The lowest BCUT2D eigenvalue weighted by atomic mass is 9.87. The summed E-state index contributed by atoms with van der Waals surface area (Å²) in [6.45, 7) is 10.2. The van der Waals surface area contributed by atoms with E-state index >= 15 is 0 Å². The smallest absolute Gasteiger partial charge is 0.261 e. The Labute approximate surface area is 133 Å². The maximum Gasteiger partial charge on any atom is 0.261 e. The Morgan fingerprint density at radius 1 is 1.32 bits per heavy atom. The van der Waals surface area contributed by atoms with Crippen molar-refractivity contribution < 1.29 is 9.53 Å². The normalized spacial score (nSPS) is 20.3. The van der Waals surface area contributed by atoms with Crippen LogP contribution in [0.4, 0.5) is 0 Å². The Hall–Kier alpha value is -1.55. The zero-order chi connectivity index (χ0) is 16.2. The summed E-state index contributed by atoms with van der Waals surface area (Å²) in [5.74, 6) is 0.686. The maximum absolute atomic E-state index is 12.2. The van der Waals surface area contributed by atoms with Crippen LogP contribution in [0.5, 0.6) is 5.75 Å². The summed E-state index contributed by atoms with van der Waals surface area (Å²) in [4.78, 5) is 12.2. The average Bonchev–Trinajstić information content (AvgIpc) is 2.48. The summed E-state index contributed by atoms with van der Waals surface area (Å²) >= 11 is 0. The molecule has 2 N–H and O–H groups in total. The van der Waals surface area contributed by atoms with Crippen molar-refractivity contribution in [2.24, 2.45) is 0 Å². The van der Waals surface area contributed by atoms with Crippen molar-refractivity contribution in [3.63, 3.8) is 0 Å². The first-order valence-corrected chi connectivity index (χ1v) is 8.14. The molecule has 1 heterocycles. The monoisotopic (exact) mass is 304 g/mol. The van der Waals surface area contributed by atoms with Crippen LogP contribution in [0, 0.1) is 0 Å². The van der Waals surface area contributed by atoms with Crippen LogP contribution in [0.2, 0.25) is 0 Å². The Bertz CT molecular complexity index is 485. The van der Waals surface area contributed by atoms with Crippen LogP contribution in [0.1, 0.15) is 46.1 Å². The van der Waals surface area contributed by atoms with Crippen LogP contribution in [0.25, 0.3) is 0 Å². The van der Waals surface area contributed by atoms with Gasteiger partial charge in [-0.05, 0) is 49.4 Å². The van der Waals surface area contributed by atoms with Crippen molar-refractivity contribution in [2.45, 2.75) is 58.1 Å². The predicted molar refractivity (Wildman–Crippen MR) is 89.3 cm³/mol. The zero-order valence-corrected chi connectivity index (χ0v) is 14.1. The van der Waals surface area contributed by atoms with Gasteiger partial charge in [-0.15, -0.1) is 0 Å². The minimum absolute atomic E-state index is 0.0476. The second kappa shape index (κ2) is 7.14. The number of ether oxygens (including phenoxy) is 1. The molecule has 4 nitrogen and oxygen atoms in total. The van der Waals surface area contributed by atoms with E-state index < -0.39 is 6.10 Å². The lowest BCUT2D eigenvalue weighted by Gasteiger charge is -2.25. The molecular weight excluding hydrogens is 276 g/mol. The van der Waals surface area contributed by atoms with Crippen LogP contribution in [-0.2, 0) is 10.2 Å². The fourth-order valence-electron chi connectivity index (χ4n) is 2.58. The molecule has 2 rings (SSSR count). The van der Waals surface area contributed by atoms with Crippen LogP contribution >= 0.6 is 0 Å². The summed E-state index contributed by atoms with van der Waals surface area (Å²) in [5.41, 5.74) is 1.38. The minimum Gasteiger partial charge on any atom is -0.481 e. The lowest BCUT2D eigenvalue weighted by molar-refractivity contribution is -0.128. The molecule has 1 unspecified atom stereocenters. The second-order valence-electron chi connectivity index (χ2n) is 7.09. The quantitative estimate of drug-likeness (QED) is 0.899. The summed E-state index contributed by atoms with van der Waals surface area (Å²) in [5, 5.41) is 6.34. The minimum atomic E-state index is -0.484. The van der Waals surface area contributed by atoms with Crippen molar-refractivity contribution in [2.75, 3.05) is 13.1 Å². The van der Waals surface area contributed by atoms with Gasteiger partial charge in [-0.25, -0.2) is 0 Å². The molecule has 1 fully saturated rings. The van der Waals surface area contributed by atoms with E-state index in [-0.39, 0.29) is 17.4 Å². The maximum atomic E-state index is 12.2. The molecule has 0 spiro atoms. The number of carbonyl (C=O) groups is 1. The first-order chi connectivity index (χ1) is 10.4. The summed E-state index contributed by atoms with van der Waals surface area (Å²) in [6.07, 6.45) is 1.66. The van der Waals surface area contributed by atoms with Gasteiger partial charge < -0.3 is 15.4 Å². The van der Waals surface area contributed by atoms with Gasteiger partial charge in [0.1, 0.15) is 5.75 Å². The van der Waals surface area contributed by atoms with Crippen molar-refractivity contribution in [3.8, 4) is 5.75 Å². The van der Waals surface area contributed by atoms with E-state index in [0.717, 1.165) is 31.7 Å². The first-order valence-electron chi connectivity index (χ1n) is 8.14. The van der Waals surface area contributed by atoms with Gasteiger partial charge in [-0.1, -0.05) is 32.9 Å². The highest BCUT2D eigenvalue weighted by molar-refractivity contribution is 5.81. The third-order valence-corrected chi connectivity index (χ3v) is 4.05. The van der Waals surface area contributed by atoms with Gasteiger partial charge in [-0.3, -0.25) is 4.79 Å². The number of hydrogen-bond donors (Lipinski definition) is 2. The van der Waals surface area contributed by atoms with Gasteiger partial charge in [0.25, 0.3) is 5.91 Å². The van der Waals surface area contributed by atoms with Crippen LogP contribution in [-0.4, -0.2) is 31.1 Å². The standard InChI is InChI=1S/C18H28N2O2/c1-13(17(21)20-15-6-5-11-19-12-15)22-16-9-7-14(8-10-16)18(2,3)4/h7-10,13,15,19H,5-6,11-12H2,1-4H3,(H,20,21)/t13?,15-/m0/s1. The van der Waals surface area contributed by atoms with E-state index in [1.54, 1.807) is 6.92 Å². The molecule has 1 amide bonds. The fourth-order valence-corrected chi connectivity index (χ4v) is 2.58. The molecule has 22 heavy (non-hydrogen) atoms. The van der Waals surface area contributed by atoms with Crippen molar-refractivity contribution in [3.05, 3.63) is 29.8 Å². The molecule has 4 heteroatoms. The van der Waals surface area contributed by atoms with Crippen molar-refractivity contribution >= 4 is 5.91 Å². The van der Waals surface area contributed by atoms with Crippen LogP contribution in [0.15, 0.2) is 24.3 Å². The van der Waals surface area contributed by atoms with Crippen LogP contribution in [0.3, 0.4) is 0 Å². The molecule has 0 aromatic heterocycles. The molecule has 0 aliphatic carbocycles. The predicted octanol–water partition coefficient (Wildman–Crippen LogP) is 2.62. The topological polar surface area (TPSA) is 50.4 Å².